The van der Waals surface area contributed by atoms with Crippen molar-refractivity contribution in [2.75, 3.05) is 5.73 Å². The molecule has 21 heavy (non-hydrogen) atoms. The molecule has 0 atom stereocenters. The van der Waals surface area contributed by atoms with E-state index in [1.807, 2.05) is 66.9 Å². The Labute approximate surface area is 122 Å². The predicted octanol–water partition coefficient (Wildman–Crippen LogP) is 4.30. The number of nitrogens with two attached hydrogens (primary N) is 1. The van der Waals surface area contributed by atoms with Crippen molar-refractivity contribution >= 4 is 27.4 Å². The molecule has 3 nitrogen and oxygen atoms in total. The second-order valence-corrected chi connectivity index (χ2v) is 4.82. The van der Waals surface area contributed by atoms with Crippen molar-refractivity contribution in [2.24, 2.45) is 0 Å². The highest BCUT2D eigenvalue weighted by molar-refractivity contribution is 5.87. The van der Waals surface area contributed by atoms with E-state index in [-0.39, 0.29) is 0 Å². The summed E-state index contributed by atoms with van der Waals surface area (Å²) < 4.78 is 0. The number of hydrogen-bond acceptors (Lipinski definition) is 2. The molecular weight excluding hydrogens is 260 g/mol. The summed E-state index contributed by atoms with van der Waals surface area (Å²) in [5.41, 5.74) is 7.51. The number of phenolic OH excluding ortho intramolecular Hbond substituents is 1. The zero-order chi connectivity index (χ0) is 14.7. The Balaban J connectivity index is 0.000000126. The van der Waals surface area contributed by atoms with Gasteiger partial charge in [0.05, 0.1) is 0 Å². The molecule has 0 spiro atoms. The van der Waals surface area contributed by atoms with Crippen molar-refractivity contribution in [3.63, 3.8) is 0 Å². The lowest BCUT2D eigenvalue weighted by Crippen LogP contribution is -1.81. The zero-order valence-electron chi connectivity index (χ0n) is 11.5. The first-order chi connectivity index (χ1) is 10.2. The molecule has 0 aliphatic carbocycles. The monoisotopic (exact) mass is 276 g/mol. The van der Waals surface area contributed by atoms with E-state index in [0.717, 1.165) is 22.0 Å². The van der Waals surface area contributed by atoms with Gasteiger partial charge in [0.15, 0.2) is 0 Å². The van der Waals surface area contributed by atoms with Crippen LogP contribution in [0.2, 0.25) is 0 Å². The summed E-state index contributed by atoms with van der Waals surface area (Å²) in [6.07, 6.45) is 1.91. The summed E-state index contributed by atoms with van der Waals surface area (Å²) >= 11 is 0. The molecule has 1 aromatic heterocycles. The second-order valence-electron chi connectivity index (χ2n) is 4.82. The van der Waals surface area contributed by atoms with Crippen LogP contribution in [0.15, 0.2) is 72.9 Å². The maximum absolute atomic E-state index is 9.37. The molecule has 4 aromatic rings. The fourth-order valence-electron chi connectivity index (χ4n) is 2.28. The maximum Gasteiger partial charge on any atom is 0.123 e. The summed E-state index contributed by atoms with van der Waals surface area (Å²) in [4.78, 5) is 3.09. The summed E-state index contributed by atoms with van der Waals surface area (Å²) in [6, 6.07) is 21.1. The largest absolute Gasteiger partial charge is 0.507 e. The summed E-state index contributed by atoms with van der Waals surface area (Å²) in [5, 5.41) is 12.5. The van der Waals surface area contributed by atoms with Crippen molar-refractivity contribution in [3.8, 4) is 5.75 Å². The van der Waals surface area contributed by atoms with Crippen molar-refractivity contribution in [1.82, 2.24) is 4.98 Å². The molecule has 0 aliphatic heterocycles. The molecule has 104 valence electrons. The third-order valence-electron chi connectivity index (χ3n) is 3.34. The highest BCUT2D eigenvalue weighted by Crippen LogP contribution is 2.22. The van der Waals surface area contributed by atoms with Gasteiger partial charge in [-0.2, -0.15) is 0 Å². The standard InChI is InChI=1S/C10H8O.C8H8N2/c11-10-7-3-5-8-4-1-2-6-9(8)10;9-7-1-2-8-6(5-7)3-4-10-8/h1-7,11H;1-5,10H,9H2. The first-order valence-corrected chi connectivity index (χ1v) is 6.73. The molecule has 0 saturated carbocycles. The molecule has 0 aliphatic rings. The number of aromatic hydroxyl groups is 1. The number of aromatic nitrogens is 1. The smallest absolute Gasteiger partial charge is 0.123 e. The normalized spacial score (nSPS) is 10.3. The summed E-state index contributed by atoms with van der Waals surface area (Å²) in [6.45, 7) is 0. The number of rotatable bonds is 0. The molecule has 4 N–H and O–H groups in total. The number of aromatic amines is 1. The topological polar surface area (TPSA) is 62.0 Å². The van der Waals surface area contributed by atoms with E-state index in [1.54, 1.807) is 6.07 Å². The molecular formula is C18H16N2O. The van der Waals surface area contributed by atoms with Crippen LogP contribution < -0.4 is 5.73 Å². The average Bonchev–Trinajstić information content (AvgIpc) is 2.96. The fraction of sp³-hybridized carbons (Fsp3) is 0. The minimum atomic E-state index is 0.350. The maximum atomic E-state index is 9.37. The SMILES string of the molecule is Nc1ccc2[nH]ccc2c1.Oc1cccc2ccccc12. The van der Waals surface area contributed by atoms with Crippen LogP contribution >= 0.6 is 0 Å². The zero-order valence-corrected chi connectivity index (χ0v) is 11.5. The average molecular weight is 276 g/mol. The predicted molar refractivity (Wildman–Crippen MR) is 88.3 cm³/mol. The quantitative estimate of drug-likeness (QED) is 0.419. The van der Waals surface area contributed by atoms with Crippen LogP contribution in [0, 0.1) is 0 Å². The van der Waals surface area contributed by atoms with Crippen LogP contribution in [0.25, 0.3) is 21.7 Å². The number of fused-ring (bicyclic) bond motifs is 2. The second kappa shape index (κ2) is 5.59. The van der Waals surface area contributed by atoms with Gasteiger partial charge in [-0.25, -0.2) is 0 Å². The molecule has 4 rings (SSSR count). The number of anilines is 1. The lowest BCUT2D eigenvalue weighted by atomic mass is 10.1. The highest BCUT2D eigenvalue weighted by Gasteiger charge is 1.94. The van der Waals surface area contributed by atoms with E-state index >= 15 is 0 Å². The first kappa shape index (κ1) is 13.1. The molecule has 0 radical (unpaired) electrons. The van der Waals surface area contributed by atoms with Gasteiger partial charge in [-0.3, -0.25) is 0 Å². The minimum Gasteiger partial charge on any atom is -0.507 e. The van der Waals surface area contributed by atoms with Gasteiger partial charge < -0.3 is 15.8 Å². The lowest BCUT2D eigenvalue weighted by molar-refractivity contribution is 0.481. The molecule has 0 unspecified atom stereocenters. The summed E-state index contributed by atoms with van der Waals surface area (Å²) in [5.74, 6) is 0.350. The molecule has 3 heteroatoms. The van der Waals surface area contributed by atoms with E-state index < -0.39 is 0 Å². The van der Waals surface area contributed by atoms with E-state index in [2.05, 4.69) is 4.98 Å². The van der Waals surface area contributed by atoms with Crippen LogP contribution in [0.5, 0.6) is 5.75 Å². The number of H-pyrrole nitrogens is 1. The van der Waals surface area contributed by atoms with Gasteiger partial charge in [-0.05, 0) is 35.7 Å². The van der Waals surface area contributed by atoms with E-state index in [1.165, 1.54) is 5.39 Å². The van der Waals surface area contributed by atoms with Crippen molar-refractivity contribution in [3.05, 3.63) is 72.9 Å². The van der Waals surface area contributed by atoms with Gasteiger partial charge in [-0.15, -0.1) is 0 Å². The van der Waals surface area contributed by atoms with Gasteiger partial charge in [0, 0.05) is 28.2 Å². The Morgan fingerprint density at radius 3 is 2.48 bits per heavy atom. The van der Waals surface area contributed by atoms with E-state index in [9.17, 15) is 5.11 Å². The van der Waals surface area contributed by atoms with Gasteiger partial charge in [0.2, 0.25) is 0 Å². The van der Waals surface area contributed by atoms with Crippen LogP contribution in [0.3, 0.4) is 0 Å². The molecule has 3 aromatic carbocycles. The number of nitrogens with one attached hydrogen (secondary N) is 1. The Morgan fingerprint density at radius 2 is 1.62 bits per heavy atom. The van der Waals surface area contributed by atoms with E-state index in [4.69, 9.17) is 5.73 Å². The van der Waals surface area contributed by atoms with Gasteiger partial charge >= 0.3 is 0 Å². The van der Waals surface area contributed by atoms with Crippen LogP contribution in [-0.2, 0) is 0 Å². The molecule has 1 heterocycles. The van der Waals surface area contributed by atoms with Crippen LogP contribution in [-0.4, -0.2) is 10.1 Å². The number of phenols is 1. The van der Waals surface area contributed by atoms with Gasteiger partial charge in [-0.1, -0.05) is 36.4 Å². The Morgan fingerprint density at radius 1 is 0.810 bits per heavy atom. The molecule has 0 amide bonds. The van der Waals surface area contributed by atoms with Crippen LogP contribution in [0.4, 0.5) is 5.69 Å². The first-order valence-electron chi connectivity index (χ1n) is 6.73. The Hall–Kier alpha value is -2.94. The number of benzene rings is 3. The third-order valence-corrected chi connectivity index (χ3v) is 3.34. The van der Waals surface area contributed by atoms with Gasteiger partial charge in [0.1, 0.15) is 5.75 Å². The van der Waals surface area contributed by atoms with Crippen LogP contribution in [0.1, 0.15) is 0 Å². The fourth-order valence-corrected chi connectivity index (χ4v) is 2.28. The van der Waals surface area contributed by atoms with Crippen molar-refractivity contribution in [2.45, 2.75) is 0 Å². The molecule has 0 bridgehead atoms. The third kappa shape index (κ3) is 2.82. The molecule has 0 saturated heterocycles. The van der Waals surface area contributed by atoms with Gasteiger partial charge in [0.25, 0.3) is 0 Å². The number of hydrogen-bond donors (Lipinski definition) is 3. The minimum absolute atomic E-state index is 0.350. The Bertz CT molecular complexity index is 875. The van der Waals surface area contributed by atoms with E-state index in [0.29, 0.717) is 5.75 Å². The Kier molecular flexibility index (Phi) is 3.48. The van der Waals surface area contributed by atoms with Crippen molar-refractivity contribution < 1.29 is 5.11 Å². The lowest BCUT2D eigenvalue weighted by Gasteiger charge is -1.97. The van der Waals surface area contributed by atoms with Crippen molar-refractivity contribution in [1.29, 1.82) is 0 Å². The number of nitrogen functional groups attached to an aromatic ring is 1. The highest BCUT2D eigenvalue weighted by atomic mass is 16.3. The summed E-state index contributed by atoms with van der Waals surface area (Å²) in [7, 11) is 0. The molecule has 0 fully saturated rings.